The summed E-state index contributed by atoms with van der Waals surface area (Å²) in [5, 5.41) is 5.49. The maximum Gasteiger partial charge on any atom is 0.433 e. The van der Waals surface area contributed by atoms with Crippen LogP contribution >= 0.6 is 0 Å². The van der Waals surface area contributed by atoms with Crippen LogP contribution in [0.5, 0.6) is 0 Å². The van der Waals surface area contributed by atoms with E-state index < -0.39 is 11.9 Å². The molecule has 1 aliphatic rings. The number of likely N-dealkylation sites (N-methyl/N-ethyl adjacent to an activating group) is 1. The zero-order valence-electron chi connectivity index (χ0n) is 12.2. The molecule has 1 aromatic rings. The second kappa shape index (κ2) is 6.46. The van der Waals surface area contributed by atoms with Crippen molar-refractivity contribution >= 4 is 11.8 Å². The highest BCUT2D eigenvalue weighted by atomic mass is 19.4. The third-order valence-electron chi connectivity index (χ3n) is 3.41. The fourth-order valence-corrected chi connectivity index (χ4v) is 2.16. The lowest BCUT2D eigenvalue weighted by Gasteiger charge is -2.20. The first-order chi connectivity index (χ1) is 9.94. The van der Waals surface area contributed by atoms with Crippen molar-refractivity contribution in [2.24, 2.45) is 0 Å². The van der Waals surface area contributed by atoms with Crippen molar-refractivity contribution in [2.75, 3.05) is 37.3 Å². The molecule has 0 unspecified atom stereocenters. The summed E-state index contributed by atoms with van der Waals surface area (Å²) in [5.41, 5.74) is -0.945. The lowest BCUT2D eigenvalue weighted by atomic mass is 10.3. The molecule has 1 fully saturated rings. The van der Waals surface area contributed by atoms with Gasteiger partial charge in [0.1, 0.15) is 5.82 Å². The standard InChI is InChI=1S/C13H20F3N5/c1-3-21(9-4-5-9)7-6-18-11-8-10(13(14,15)16)19-12(17-2)20-11/h8-9H,3-7H2,1-2H3,(H2,17,18,19,20). The predicted octanol–water partition coefficient (Wildman–Crippen LogP) is 2.43. The smallest absolute Gasteiger partial charge is 0.369 e. The van der Waals surface area contributed by atoms with E-state index in [-0.39, 0.29) is 11.8 Å². The van der Waals surface area contributed by atoms with Crippen molar-refractivity contribution in [3.8, 4) is 0 Å². The zero-order valence-corrected chi connectivity index (χ0v) is 12.2. The van der Waals surface area contributed by atoms with E-state index in [0.29, 0.717) is 12.6 Å². The molecule has 118 valence electrons. The Morgan fingerprint density at radius 2 is 2.05 bits per heavy atom. The molecule has 2 N–H and O–H groups in total. The Kier molecular flexibility index (Phi) is 4.87. The topological polar surface area (TPSA) is 53.1 Å². The summed E-state index contributed by atoms with van der Waals surface area (Å²) in [6.45, 7) is 4.39. The van der Waals surface area contributed by atoms with Gasteiger partial charge in [0.15, 0.2) is 5.69 Å². The zero-order chi connectivity index (χ0) is 15.5. The third kappa shape index (κ3) is 4.45. The van der Waals surface area contributed by atoms with E-state index in [1.54, 1.807) is 0 Å². The molecule has 8 heteroatoms. The van der Waals surface area contributed by atoms with Crippen LogP contribution in [-0.2, 0) is 6.18 Å². The fraction of sp³-hybridized carbons (Fsp3) is 0.692. The van der Waals surface area contributed by atoms with Crippen LogP contribution in [0, 0.1) is 0 Å². The van der Waals surface area contributed by atoms with Crippen molar-refractivity contribution in [3.05, 3.63) is 11.8 Å². The van der Waals surface area contributed by atoms with Gasteiger partial charge in [0.25, 0.3) is 0 Å². The van der Waals surface area contributed by atoms with E-state index in [2.05, 4.69) is 32.4 Å². The van der Waals surface area contributed by atoms with Crippen LogP contribution in [0.1, 0.15) is 25.5 Å². The number of rotatable bonds is 7. The molecule has 5 nitrogen and oxygen atoms in total. The molecule has 1 saturated carbocycles. The number of nitrogens with zero attached hydrogens (tertiary/aromatic N) is 3. The molecule has 21 heavy (non-hydrogen) atoms. The van der Waals surface area contributed by atoms with Gasteiger partial charge in [0, 0.05) is 32.2 Å². The monoisotopic (exact) mass is 303 g/mol. The fourth-order valence-electron chi connectivity index (χ4n) is 2.16. The Hall–Kier alpha value is -1.57. The largest absolute Gasteiger partial charge is 0.433 e. The highest BCUT2D eigenvalue weighted by Crippen LogP contribution is 2.29. The first-order valence-electron chi connectivity index (χ1n) is 7.06. The molecule has 0 amide bonds. The molecule has 0 aromatic carbocycles. The normalized spacial score (nSPS) is 15.3. The summed E-state index contributed by atoms with van der Waals surface area (Å²) in [4.78, 5) is 9.74. The molecule has 0 spiro atoms. The molecule has 1 heterocycles. The average molecular weight is 303 g/mol. The predicted molar refractivity (Wildman–Crippen MR) is 75.3 cm³/mol. The SMILES string of the molecule is CCN(CCNc1cc(C(F)(F)F)nc(NC)n1)C1CC1. The summed E-state index contributed by atoms with van der Waals surface area (Å²) >= 11 is 0. The van der Waals surface area contributed by atoms with Crippen LogP contribution in [0.15, 0.2) is 6.07 Å². The van der Waals surface area contributed by atoms with Crippen LogP contribution in [0.4, 0.5) is 24.9 Å². The van der Waals surface area contributed by atoms with Crippen molar-refractivity contribution in [1.29, 1.82) is 0 Å². The molecule has 0 bridgehead atoms. The van der Waals surface area contributed by atoms with Crippen LogP contribution in [0.3, 0.4) is 0 Å². The minimum atomic E-state index is -4.48. The van der Waals surface area contributed by atoms with Crippen molar-refractivity contribution in [2.45, 2.75) is 32.0 Å². The van der Waals surface area contributed by atoms with Crippen molar-refractivity contribution < 1.29 is 13.2 Å². The van der Waals surface area contributed by atoms with E-state index >= 15 is 0 Å². The lowest BCUT2D eigenvalue weighted by molar-refractivity contribution is -0.141. The van der Waals surface area contributed by atoms with E-state index in [1.165, 1.54) is 19.9 Å². The number of aromatic nitrogens is 2. The minimum absolute atomic E-state index is 0.0399. The molecule has 0 atom stereocenters. The summed E-state index contributed by atoms with van der Waals surface area (Å²) in [7, 11) is 1.49. The molecule has 1 aromatic heterocycles. The lowest BCUT2D eigenvalue weighted by Crippen LogP contribution is -2.31. The second-order valence-electron chi connectivity index (χ2n) is 5.00. The van der Waals surface area contributed by atoms with Crippen LogP contribution in [0.25, 0.3) is 0 Å². The maximum absolute atomic E-state index is 12.7. The van der Waals surface area contributed by atoms with Crippen molar-refractivity contribution in [3.63, 3.8) is 0 Å². The number of hydrogen-bond acceptors (Lipinski definition) is 5. The molecule has 0 aliphatic heterocycles. The quantitative estimate of drug-likeness (QED) is 0.810. The van der Waals surface area contributed by atoms with Crippen LogP contribution < -0.4 is 10.6 Å². The van der Waals surface area contributed by atoms with Gasteiger partial charge in [-0.1, -0.05) is 6.92 Å². The number of halogens is 3. The molecule has 0 saturated heterocycles. The summed E-state index contributed by atoms with van der Waals surface area (Å²) in [6.07, 6.45) is -2.05. The highest BCUT2D eigenvalue weighted by Gasteiger charge is 2.33. The Balaban J connectivity index is 1.98. The van der Waals surface area contributed by atoms with Gasteiger partial charge in [-0.05, 0) is 19.4 Å². The average Bonchev–Trinajstić information content (AvgIpc) is 3.27. The van der Waals surface area contributed by atoms with E-state index in [9.17, 15) is 13.2 Å². The summed E-state index contributed by atoms with van der Waals surface area (Å²) in [5.74, 6) is 0.149. The molecule has 0 radical (unpaired) electrons. The van der Waals surface area contributed by atoms with E-state index in [4.69, 9.17) is 0 Å². The van der Waals surface area contributed by atoms with Gasteiger partial charge in [0.2, 0.25) is 5.95 Å². The van der Waals surface area contributed by atoms with Gasteiger partial charge in [-0.25, -0.2) is 4.98 Å². The van der Waals surface area contributed by atoms with Gasteiger partial charge in [-0.2, -0.15) is 18.2 Å². The first-order valence-corrected chi connectivity index (χ1v) is 7.06. The number of anilines is 2. The van der Waals surface area contributed by atoms with Gasteiger partial charge >= 0.3 is 6.18 Å². The summed E-state index contributed by atoms with van der Waals surface area (Å²) < 4.78 is 38.2. The Labute approximate surface area is 122 Å². The highest BCUT2D eigenvalue weighted by molar-refractivity contribution is 5.42. The van der Waals surface area contributed by atoms with Crippen molar-refractivity contribution in [1.82, 2.24) is 14.9 Å². The molecular weight excluding hydrogens is 283 g/mol. The first kappa shape index (κ1) is 15.8. The molecule has 2 rings (SSSR count). The Morgan fingerprint density at radius 1 is 1.33 bits per heavy atom. The van der Waals surface area contributed by atoms with E-state index in [0.717, 1.165) is 19.2 Å². The van der Waals surface area contributed by atoms with Gasteiger partial charge in [-0.15, -0.1) is 0 Å². The number of nitrogens with one attached hydrogen (secondary N) is 2. The second-order valence-corrected chi connectivity index (χ2v) is 5.00. The van der Waals surface area contributed by atoms with Crippen LogP contribution in [-0.4, -0.2) is 47.6 Å². The molecule has 1 aliphatic carbocycles. The van der Waals surface area contributed by atoms with Gasteiger partial charge in [0.05, 0.1) is 0 Å². The Morgan fingerprint density at radius 3 is 2.57 bits per heavy atom. The number of alkyl halides is 3. The third-order valence-corrected chi connectivity index (χ3v) is 3.41. The maximum atomic E-state index is 12.7. The Bertz CT molecular complexity index is 473. The van der Waals surface area contributed by atoms with Gasteiger partial charge in [-0.3, -0.25) is 4.90 Å². The summed E-state index contributed by atoms with van der Waals surface area (Å²) in [6, 6.07) is 1.58. The van der Waals surface area contributed by atoms with Crippen LogP contribution in [0.2, 0.25) is 0 Å². The number of hydrogen-bond donors (Lipinski definition) is 2. The van der Waals surface area contributed by atoms with E-state index in [1.807, 2.05) is 0 Å². The minimum Gasteiger partial charge on any atom is -0.369 e. The molecular formula is C13H20F3N5. The van der Waals surface area contributed by atoms with Gasteiger partial charge < -0.3 is 10.6 Å².